The van der Waals surface area contributed by atoms with Gasteiger partial charge in [-0.3, -0.25) is 86.9 Å². The summed E-state index contributed by atoms with van der Waals surface area (Å²) in [5, 5.41) is 89.0. The van der Waals surface area contributed by atoms with E-state index in [-0.39, 0.29) is 111 Å². The minimum Gasteiger partial charge on any atom is -0.508 e. The molecule has 690 valence electrons. The highest BCUT2D eigenvalue weighted by atomic mass is 32.2. The van der Waals surface area contributed by atoms with E-state index in [4.69, 9.17) is 16.9 Å². The first-order chi connectivity index (χ1) is 60.2. The van der Waals surface area contributed by atoms with Crippen LogP contribution in [0.3, 0.4) is 0 Å². The second-order valence-electron chi connectivity index (χ2n) is 31.3. The SMILES string of the molecule is CC[C@H](C)[C@@H]1NC(=O)[C@H](CCCNC(=N)N)NC(=O)[C@H](Cc2ccc(O)cc2)NC(=O)[C@H](C)NC(=O)[C@H](Cc2c[nH]cn2)NC(=O)[C@H](Cc2c[nH]cn2)NC(=O)[C@H](Cc2ccc(O)cc2)NC(=O)CSC[C@@H](C(=O)NCC(N)=O)NC(=O)CNC(=O)[C@H](CC(C)C)NC(=O)[C@H](CCC(=O)O)NC(=O)CNC(=O)[C@H](Cc2ccc(O)cc2)NC(=O)[C@H](CC(C)C)NC1=O. The molecule has 16 amide bonds. The number of carbonyl (C=O) groups excluding carboxylic acids is 16. The molecular weight excluding hydrogens is 1680 g/mol. The van der Waals surface area contributed by atoms with Crippen LogP contribution in [0.2, 0.25) is 0 Å². The summed E-state index contributed by atoms with van der Waals surface area (Å²) in [5.74, 6) is -20.6. The Balaban J connectivity index is 1.42. The zero-order valence-corrected chi connectivity index (χ0v) is 72.1. The van der Waals surface area contributed by atoms with Crippen molar-refractivity contribution in [3.8, 4) is 17.2 Å². The Morgan fingerprint density at radius 3 is 1.31 bits per heavy atom. The summed E-state index contributed by atoms with van der Waals surface area (Å²) in [6.07, 6.45) is 2.26. The highest BCUT2D eigenvalue weighted by Gasteiger charge is 2.39. The first kappa shape index (κ1) is 102. The maximum atomic E-state index is 15.0. The maximum absolute atomic E-state index is 15.0. The molecule has 1 fully saturated rings. The van der Waals surface area contributed by atoms with Crippen LogP contribution in [-0.4, -0.2) is 257 Å². The standard InChI is InChI=1S/C82H115N23O21S/c1-8-44(6)69-81(126)104-57(27-43(4)5)77(122)101-58(28-46-11-17-51(106)18-12-46)72(117)91-36-65(110)95-55(23-24-68(113)114)74(119)100-56(26-42(2)3)71(116)90-37-66(111)97-63(73(118)89-35-64(83)109)38-127-39-67(112)96-59(29-47-13-19-52(107)20-14-47)78(123)103-62(32-50-34-87-41-93-50)80(125)102-61(31-49-33-86-40-92-49)76(121)94-45(7)70(115)99-60(30-48-15-21-53(108)22-16-48)79(124)98-54(75(120)105-69)10-9-25-88-82(84)85/h11-22,33-34,40-45,54-63,69,106-108H,8-10,23-32,35-39H2,1-7H3,(H2,83,109)(H,86,92)(H,87,93)(H,89,118)(H,90,116)(H,91,117)(H,94,121)(H,95,110)(H,96,112)(H,97,111)(H,98,124)(H,99,115)(H,100,119)(H,101,122)(H,102,125)(H,103,123)(H,104,126)(H,105,120)(H,113,114)(H4,84,85,88)/t44-,45-,54-,55-,56-,57-,58-,59-,60-,61-,62-,63-,69-/m0/s1. The number of hydrogen-bond donors (Lipinski definition) is 25. The number of primary amides is 1. The van der Waals surface area contributed by atoms with Gasteiger partial charge in [0.2, 0.25) is 94.5 Å². The van der Waals surface area contributed by atoms with Gasteiger partial charge in [0, 0.05) is 63.2 Å². The Morgan fingerprint density at radius 1 is 0.472 bits per heavy atom. The number of aromatic nitrogens is 4. The third-order valence-electron chi connectivity index (χ3n) is 19.8. The molecule has 1 saturated heterocycles. The molecule has 127 heavy (non-hydrogen) atoms. The molecule has 0 aliphatic carbocycles. The molecule has 0 bridgehead atoms. The molecule has 45 heteroatoms. The third-order valence-corrected chi connectivity index (χ3v) is 20.9. The molecule has 2 aromatic heterocycles. The number of nitrogens with zero attached hydrogens (tertiary/aromatic N) is 2. The molecule has 0 saturated carbocycles. The topological polar surface area (TPSA) is 697 Å². The van der Waals surface area contributed by atoms with E-state index in [1.54, 1.807) is 41.5 Å². The van der Waals surface area contributed by atoms with Crippen molar-refractivity contribution in [1.82, 2.24) is 105 Å². The van der Waals surface area contributed by atoms with E-state index >= 15 is 4.79 Å². The largest absolute Gasteiger partial charge is 0.508 e. The van der Waals surface area contributed by atoms with E-state index in [2.05, 4.69) is 105 Å². The monoisotopic (exact) mass is 1790 g/mol. The van der Waals surface area contributed by atoms with Crippen molar-refractivity contribution in [2.24, 2.45) is 29.2 Å². The first-order valence-corrected chi connectivity index (χ1v) is 42.3. The number of benzene rings is 3. The molecule has 0 unspecified atom stereocenters. The number of imidazole rings is 2. The first-order valence-electron chi connectivity index (χ1n) is 41.1. The van der Waals surface area contributed by atoms with Crippen molar-refractivity contribution in [2.75, 3.05) is 37.7 Å². The lowest BCUT2D eigenvalue weighted by Gasteiger charge is -2.30. The molecule has 3 aromatic carbocycles. The minimum absolute atomic E-state index is 0.0156. The molecule has 3 heterocycles. The van der Waals surface area contributed by atoms with Gasteiger partial charge in [-0.05, 0) is 110 Å². The van der Waals surface area contributed by atoms with E-state index < -0.39 is 229 Å². The van der Waals surface area contributed by atoms with Gasteiger partial charge in [0.05, 0.1) is 49.4 Å². The predicted octanol–water partition coefficient (Wildman–Crippen LogP) is -4.55. The van der Waals surface area contributed by atoms with Crippen LogP contribution in [0.4, 0.5) is 0 Å². The van der Waals surface area contributed by atoms with Crippen LogP contribution in [0.15, 0.2) is 97.8 Å². The van der Waals surface area contributed by atoms with Crippen molar-refractivity contribution in [3.05, 3.63) is 126 Å². The lowest BCUT2D eigenvalue weighted by molar-refractivity contribution is -0.138. The number of carboxylic acid groups (broad SMARTS) is 1. The highest BCUT2D eigenvalue weighted by molar-refractivity contribution is 8.00. The summed E-state index contributed by atoms with van der Waals surface area (Å²) in [5.41, 5.74) is 12.4. The van der Waals surface area contributed by atoms with Crippen molar-refractivity contribution in [1.29, 1.82) is 5.41 Å². The number of nitrogens with one attached hydrogen (secondary N) is 19. The number of aromatic hydroxyl groups is 3. The van der Waals surface area contributed by atoms with Gasteiger partial charge in [-0.25, -0.2) is 9.97 Å². The second-order valence-corrected chi connectivity index (χ2v) is 32.4. The number of aromatic amines is 2. The van der Waals surface area contributed by atoms with Gasteiger partial charge in [0.25, 0.3) is 0 Å². The number of guanidine groups is 1. The van der Waals surface area contributed by atoms with Crippen molar-refractivity contribution in [3.63, 3.8) is 0 Å². The fourth-order valence-electron chi connectivity index (χ4n) is 12.9. The summed E-state index contributed by atoms with van der Waals surface area (Å²) < 4.78 is 0. The zero-order chi connectivity index (χ0) is 93.6. The molecule has 6 rings (SSSR count). The molecule has 27 N–H and O–H groups in total. The van der Waals surface area contributed by atoms with Gasteiger partial charge in [-0.15, -0.1) is 11.8 Å². The van der Waals surface area contributed by atoms with Crippen LogP contribution in [0, 0.1) is 23.2 Å². The number of nitrogens with two attached hydrogens (primary N) is 2. The van der Waals surface area contributed by atoms with Crippen LogP contribution in [0.5, 0.6) is 17.2 Å². The molecule has 13 atom stereocenters. The summed E-state index contributed by atoms with van der Waals surface area (Å²) in [6, 6.07) is -2.37. The average molecular weight is 1790 g/mol. The predicted molar refractivity (Wildman–Crippen MR) is 459 cm³/mol. The van der Waals surface area contributed by atoms with E-state index in [0.29, 0.717) is 16.7 Å². The normalized spacial score (nSPS) is 22.7. The van der Waals surface area contributed by atoms with Crippen molar-refractivity contribution >= 4 is 118 Å². The smallest absolute Gasteiger partial charge is 0.303 e. The number of phenols is 3. The number of hydrogen-bond acceptors (Lipinski definition) is 24. The van der Waals surface area contributed by atoms with E-state index in [1.165, 1.54) is 105 Å². The van der Waals surface area contributed by atoms with E-state index in [9.17, 15) is 97.1 Å². The van der Waals surface area contributed by atoms with Crippen LogP contribution >= 0.6 is 11.8 Å². The van der Waals surface area contributed by atoms with E-state index in [1.807, 2.05) is 0 Å². The van der Waals surface area contributed by atoms with Crippen LogP contribution < -0.4 is 96.5 Å². The van der Waals surface area contributed by atoms with Crippen LogP contribution in [-0.2, 0) is 114 Å². The Bertz CT molecular complexity index is 4600. The lowest BCUT2D eigenvalue weighted by atomic mass is 9.95. The maximum Gasteiger partial charge on any atom is 0.303 e. The molecule has 44 nitrogen and oxygen atoms in total. The van der Waals surface area contributed by atoms with Gasteiger partial charge >= 0.3 is 5.97 Å². The second kappa shape index (κ2) is 51.4. The number of rotatable bonds is 26. The molecule has 0 spiro atoms. The van der Waals surface area contributed by atoms with Crippen LogP contribution in [0.1, 0.15) is 121 Å². The molecular formula is C82H115N23O21S. The van der Waals surface area contributed by atoms with Crippen molar-refractivity contribution < 1.29 is 102 Å². The quantitative estimate of drug-likeness (QED) is 0.0141. The number of carboxylic acids is 1. The number of aliphatic carboxylic acids is 1. The Kier molecular flexibility index (Phi) is 41.2. The minimum atomic E-state index is -1.71. The summed E-state index contributed by atoms with van der Waals surface area (Å²) in [4.78, 5) is 255. The Hall–Kier alpha value is -13.9. The molecule has 5 aromatic rings. The number of carbonyl (C=O) groups is 17. The number of H-pyrrole nitrogens is 2. The van der Waals surface area contributed by atoms with Gasteiger partial charge in [0.15, 0.2) is 5.96 Å². The average Bonchev–Trinajstić information content (AvgIpc) is 1.45. The highest BCUT2D eigenvalue weighted by Crippen LogP contribution is 2.19. The molecule has 1 aliphatic heterocycles. The van der Waals surface area contributed by atoms with Crippen LogP contribution in [0.25, 0.3) is 0 Å². The Labute approximate surface area is 735 Å². The third kappa shape index (κ3) is 36.4. The van der Waals surface area contributed by atoms with Gasteiger partial charge < -0.3 is 127 Å². The van der Waals surface area contributed by atoms with Gasteiger partial charge in [-0.1, -0.05) is 84.4 Å². The zero-order valence-electron chi connectivity index (χ0n) is 71.3. The summed E-state index contributed by atoms with van der Waals surface area (Å²) >= 11 is 0.736. The van der Waals surface area contributed by atoms with E-state index in [0.717, 1.165) is 11.8 Å². The van der Waals surface area contributed by atoms with Gasteiger partial charge in [0.1, 0.15) is 89.8 Å². The molecule has 1 aliphatic rings. The number of phenolic OH excluding ortho intramolecular Hbond substituents is 3. The lowest BCUT2D eigenvalue weighted by Crippen LogP contribution is -2.61. The fourth-order valence-corrected chi connectivity index (χ4v) is 13.8. The number of thioether (sulfide) groups is 1. The van der Waals surface area contributed by atoms with Crippen molar-refractivity contribution in [2.45, 2.75) is 198 Å². The van der Waals surface area contributed by atoms with Gasteiger partial charge in [-0.2, -0.15) is 0 Å². The fraction of sp³-hybridized carbons (Fsp3) is 0.488. The Morgan fingerprint density at radius 2 is 0.858 bits per heavy atom. The molecule has 0 radical (unpaired) electrons. The summed E-state index contributed by atoms with van der Waals surface area (Å²) in [6.45, 7) is 8.84. The summed E-state index contributed by atoms with van der Waals surface area (Å²) in [7, 11) is 0. The number of amides is 16.